The minimum atomic E-state index is 0.602. The van der Waals surface area contributed by atoms with E-state index in [4.69, 9.17) is 6.58 Å². The molecule has 4 aliphatic carbocycles. The summed E-state index contributed by atoms with van der Waals surface area (Å²) in [6, 6.07) is 0. The van der Waals surface area contributed by atoms with Gasteiger partial charge in [0.2, 0.25) is 0 Å². The van der Waals surface area contributed by atoms with Gasteiger partial charge in [0.25, 0.3) is 0 Å². The molecule has 0 aromatic heterocycles. The van der Waals surface area contributed by atoms with Gasteiger partial charge < -0.3 is 0 Å². The van der Waals surface area contributed by atoms with Crippen LogP contribution < -0.4 is 0 Å². The average Bonchev–Trinajstić information content (AvgIpc) is 3.01. The van der Waals surface area contributed by atoms with Gasteiger partial charge in [-0.1, -0.05) is 73.5 Å². The van der Waals surface area contributed by atoms with E-state index in [9.17, 15) is 0 Å². The van der Waals surface area contributed by atoms with Gasteiger partial charge in [-0.3, -0.25) is 0 Å². The van der Waals surface area contributed by atoms with Gasteiger partial charge in [-0.25, -0.2) is 0 Å². The highest BCUT2D eigenvalue weighted by molar-refractivity contribution is 5.21. The number of hydrogen-bond acceptors (Lipinski definition) is 0. The molecule has 27 heavy (non-hydrogen) atoms. The molecule has 0 spiro atoms. The maximum absolute atomic E-state index is 4.73. The molecule has 0 aliphatic heterocycles. The SMILES string of the molecule is C=C1CC2C[C@H](C)CCC2(C)[C@H]2CCC3(C)C([C@H](C)CC)CC[C@H]3C12.CC. The largest absolute Gasteiger partial charge is 0.0995 e. The predicted molar refractivity (Wildman–Crippen MR) is 120 cm³/mol. The zero-order chi connectivity index (χ0) is 20.0. The Morgan fingerprint density at radius 1 is 1.00 bits per heavy atom. The smallest absolute Gasteiger partial charge is 0.0138 e. The van der Waals surface area contributed by atoms with E-state index in [-0.39, 0.29) is 0 Å². The third-order valence-corrected chi connectivity index (χ3v) is 10.3. The van der Waals surface area contributed by atoms with Crippen molar-refractivity contribution in [3.63, 3.8) is 0 Å². The topological polar surface area (TPSA) is 0 Å². The van der Waals surface area contributed by atoms with Crippen molar-refractivity contribution in [3.8, 4) is 0 Å². The highest BCUT2D eigenvalue weighted by atomic mass is 14.7. The van der Waals surface area contributed by atoms with Crippen LogP contribution in [0.5, 0.6) is 0 Å². The van der Waals surface area contributed by atoms with E-state index in [1.165, 1.54) is 57.8 Å². The second kappa shape index (κ2) is 7.87. The fraction of sp³-hybridized carbons (Fsp3) is 0.926. The van der Waals surface area contributed by atoms with E-state index in [0.717, 1.165) is 41.4 Å². The Morgan fingerprint density at radius 2 is 1.63 bits per heavy atom. The summed E-state index contributed by atoms with van der Waals surface area (Å²) in [5.41, 5.74) is 2.89. The molecule has 0 nitrogen and oxygen atoms in total. The minimum absolute atomic E-state index is 0.602. The van der Waals surface area contributed by atoms with Crippen LogP contribution in [0.4, 0.5) is 0 Å². The van der Waals surface area contributed by atoms with Crippen molar-refractivity contribution in [1.29, 1.82) is 0 Å². The fourth-order valence-corrected chi connectivity index (χ4v) is 8.60. The van der Waals surface area contributed by atoms with Crippen molar-refractivity contribution in [2.75, 3.05) is 0 Å². The highest BCUT2D eigenvalue weighted by Crippen LogP contribution is 2.69. The van der Waals surface area contributed by atoms with E-state index in [0.29, 0.717) is 10.8 Å². The van der Waals surface area contributed by atoms with Crippen molar-refractivity contribution in [2.45, 2.75) is 106 Å². The van der Waals surface area contributed by atoms with Gasteiger partial charge in [0.05, 0.1) is 0 Å². The normalized spacial score (nSPS) is 50.0. The fourth-order valence-electron chi connectivity index (χ4n) is 8.60. The molecule has 4 aliphatic rings. The zero-order valence-electron chi connectivity index (χ0n) is 19.6. The summed E-state index contributed by atoms with van der Waals surface area (Å²) >= 11 is 0. The van der Waals surface area contributed by atoms with Crippen molar-refractivity contribution in [3.05, 3.63) is 12.2 Å². The van der Waals surface area contributed by atoms with Crippen LogP contribution in [-0.4, -0.2) is 0 Å². The summed E-state index contributed by atoms with van der Waals surface area (Å²) < 4.78 is 0. The molecule has 4 fully saturated rings. The molecule has 4 rings (SSSR count). The average molecular weight is 373 g/mol. The third kappa shape index (κ3) is 3.26. The van der Waals surface area contributed by atoms with E-state index in [2.05, 4.69) is 34.6 Å². The molecule has 0 amide bonds. The first kappa shape index (κ1) is 21.4. The van der Waals surface area contributed by atoms with Crippen molar-refractivity contribution < 1.29 is 0 Å². The Labute approximate surface area is 171 Å². The Bertz CT molecular complexity index is 532. The van der Waals surface area contributed by atoms with Gasteiger partial charge in [-0.05, 0) is 97.2 Å². The number of hydrogen-bond donors (Lipinski definition) is 0. The van der Waals surface area contributed by atoms with Gasteiger partial charge in [0.15, 0.2) is 0 Å². The molecule has 0 aromatic rings. The van der Waals surface area contributed by atoms with Crippen molar-refractivity contribution in [2.24, 2.45) is 52.3 Å². The molecule has 4 saturated carbocycles. The monoisotopic (exact) mass is 372 g/mol. The lowest BCUT2D eigenvalue weighted by Crippen LogP contribution is -2.54. The number of allylic oxidation sites excluding steroid dienone is 1. The van der Waals surface area contributed by atoms with Gasteiger partial charge in [0.1, 0.15) is 0 Å². The third-order valence-electron chi connectivity index (χ3n) is 10.3. The second-order valence-corrected chi connectivity index (χ2v) is 11.3. The zero-order valence-corrected chi connectivity index (χ0v) is 19.6. The Kier molecular flexibility index (Phi) is 6.25. The summed E-state index contributed by atoms with van der Waals surface area (Å²) in [7, 11) is 0. The van der Waals surface area contributed by atoms with Crippen LogP contribution in [0, 0.1) is 52.3 Å². The predicted octanol–water partition coefficient (Wildman–Crippen LogP) is 8.52. The first-order valence-corrected chi connectivity index (χ1v) is 12.5. The molecular weight excluding hydrogens is 324 g/mol. The lowest BCUT2D eigenvalue weighted by molar-refractivity contribution is -0.0958. The Hall–Kier alpha value is -0.260. The molecule has 5 unspecified atom stereocenters. The van der Waals surface area contributed by atoms with Gasteiger partial charge in [-0.2, -0.15) is 0 Å². The maximum atomic E-state index is 4.73. The van der Waals surface area contributed by atoms with E-state index in [1.54, 1.807) is 5.57 Å². The van der Waals surface area contributed by atoms with Crippen LogP contribution in [-0.2, 0) is 0 Å². The standard InChI is InChI=1S/C25H42.C2H6/c1-7-17(3)20-8-9-21-23-18(4)15-19-14-16(2)10-12-24(19,5)22(23)11-13-25(20,21)6;1-2/h16-17,19-23H,4,7-15H2,1-3,5-6H3;1-2H3/t16-,17-,19?,20?,21+,22+,23?,24?,25?;/m1./s1. The molecule has 0 heteroatoms. The quantitative estimate of drug-likeness (QED) is 0.426. The first-order valence-electron chi connectivity index (χ1n) is 12.5. The van der Waals surface area contributed by atoms with E-state index in [1.807, 2.05) is 13.8 Å². The molecule has 0 aromatic carbocycles. The number of fused-ring (bicyclic) bond motifs is 5. The van der Waals surface area contributed by atoms with Crippen LogP contribution >= 0.6 is 0 Å². The maximum Gasteiger partial charge on any atom is -0.0138 e. The van der Waals surface area contributed by atoms with Crippen molar-refractivity contribution in [1.82, 2.24) is 0 Å². The molecule has 156 valence electrons. The molecular formula is C27H48. The molecule has 0 heterocycles. The molecule has 0 radical (unpaired) electrons. The summed E-state index contributed by atoms with van der Waals surface area (Å²) in [6.07, 6.45) is 13.1. The van der Waals surface area contributed by atoms with Crippen LogP contribution in [0.1, 0.15) is 106 Å². The summed E-state index contributed by atoms with van der Waals surface area (Å²) in [5.74, 6) is 6.48. The van der Waals surface area contributed by atoms with Crippen LogP contribution in [0.25, 0.3) is 0 Å². The second-order valence-electron chi connectivity index (χ2n) is 11.3. The molecule has 0 bridgehead atoms. The van der Waals surface area contributed by atoms with Crippen LogP contribution in [0.3, 0.4) is 0 Å². The van der Waals surface area contributed by atoms with Gasteiger partial charge in [0, 0.05) is 0 Å². The highest BCUT2D eigenvalue weighted by Gasteiger charge is 2.61. The van der Waals surface area contributed by atoms with E-state index < -0.39 is 0 Å². The van der Waals surface area contributed by atoms with E-state index >= 15 is 0 Å². The first-order chi connectivity index (χ1) is 12.8. The Balaban J connectivity index is 0.00000102. The molecule has 0 N–H and O–H groups in total. The lowest BCUT2D eigenvalue weighted by Gasteiger charge is -2.62. The summed E-state index contributed by atoms with van der Waals surface area (Å²) in [4.78, 5) is 0. The summed E-state index contributed by atoms with van der Waals surface area (Å²) in [5, 5.41) is 0. The lowest BCUT2D eigenvalue weighted by atomic mass is 9.43. The molecule has 9 atom stereocenters. The van der Waals surface area contributed by atoms with Gasteiger partial charge >= 0.3 is 0 Å². The summed E-state index contributed by atoms with van der Waals surface area (Å²) in [6.45, 7) is 21.5. The number of rotatable bonds is 2. The molecule has 0 saturated heterocycles. The van der Waals surface area contributed by atoms with Crippen LogP contribution in [0.15, 0.2) is 12.2 Å². The van der Waals surface area contributed by atoms with Gasteiger partial charge in [-0.15, -0.1) is 0 Å². The Morgan fingerprint density at radius 3 is 2.30 bits per heavy atom. The minimum Gasteiger partial charge on any atom is -0.0995 e. The van der Waals surface area contributed by atoms with Crippen LogP contribution in [0.2, 0.25) is 0 Å². The van der Waals surface area contributed by atoms with Crippen molar-refractivity contribution >= 4 is 0 Å².